The van der Waals surface area contributed by atoms with Crippen LogP contribution in [0.1, 0.15) is 42.6 Å². The SMILES string of the molecule is CCOC(=O)C1=C(C)N=c2s/c(=C/c3ccc(Sc4nc(C)cc(C)n4)o3)c(=O)n2[C@H]1c1ccc(OC)cc1. The molecule has 0 saturated carbocycles. The molecule has 0 bridgehead atoms. The molecule has 1 aliphatic rings. The Kier molecular flexibility index (Phi) is 7.53. The molecule has 5 rings (SSSR count). The number of methoxy groups -OCH3 is 1. The fourth-order valence-corrected chi connectivity index (χ4v) is 6.18. The molecule has 1 aromatic carbocycles. The maximum Gasteiger partial charge on any atom is 0.338 e. The summed E-state index contributed by atoms with van der Waals surface area (Å²) in [4.78, 5) is 40.7. The van der Waals surface area contributed by atoms with Crippen molar-refractivity contribution in [1.29, 1.82) is 0 Å². The number of nitrogens with zero attached hydrogens (tertiary/aromatic N) is 4. The van der Waals surface area contributed by atoms with Gasteiger partial charge in [-0.05, 0) is 75.4 Å². The first-order chi connectivity index (χ1) is 18.8. The maximum atomic E-state index is 13.7. The minimum atomic E-state index is -0.696. The van der Waals surface area contributed by atoms with Gasteiger partial charge in [-0.25, -0.2) is 19.8 Å². The Morgan fingerprint density at radius 2 is 1.85 bits per heavy atom. The van der Waals surface area contributed by atoms with Crippen LogP contribution in [-0.4, -0.2) is 34.2 Å². The van der Waals surface area contributed by atoms with Gasteiger partial charge in [0.1, 0.15) is 11.5 Å². The molecule has 1 atom stereocenters. The van der Waals surface area contributed by atoms with E-state index in [1.165, 1.54) is 23.1 Å². The highest BCUT2D eigenvalue weighted by Gasteiger charge is 2.33. The van der Waals surface area contributed by atoms with Gasteiger partial charge in [-0.2, -0.15) is 0 Å². The summed E-state index contributed by atoms with van der Waals surface area (Å²) in [6, 6.07) is 12.1. The molecule has 3 aromatic heterocycles. The molecule has 11 heteroatoms. The lowest BCUT2D eigenvalue weighted by Crippen LogP contribution is -2.39. The van der Waals surface area contributed by atoms with Crippen molar-refractivity contribution in [3.05, 3.63) is 96.1 Å². The standard InChI is InChI=1S/C28H26N4O5S2/c1-6-36-26(34)23-17(4)31-28-32(24(23)18-7-9-19(35-5)10-8-18)25(33)21(38-28)14-20-11-12-22(37-20)39-27-29-15(2)13-16(3)30-27/h7-14,24H,6H2,1-5H3/b21-14+/t24-/m0/s1. The predicted octanol–water partition coefficient (Wildman–Crippen LogP) is 3.96. The predicted molar refractivity (Wildman–Crippen MR) is 148 cm³/mol. The van der Waals surface area contributed by atoms with E-state index in [1.54, 1.807) is 49.8 Å². The van der Waals surface area contributed by atoms with E-state index in [4.69, 9.17) is 13.9 Å². The monoisotopic (exact) mass is 562 g/mol. The first-order valence-corrected chi connectivity index (χ1v) is 13.8. The number of fused-ring (bicyclic) bond motifs is 1. The average molecular weight is 563 g/mol. The van der Waals surface area contributed by atoms with E-state index >= 15 is 0 Å². The van der Waals surface area contributed by atoms with Crippen LogP contribution in [-0.2, 0) is 9.53 Å². The number of furan rings is 1. The van der Waals surface area contributed by atoms with Crippen LogP contribution < -0.4 is 19.6 Å². The summed E-state index contributed by atoms with van der Waals surface area (Å²) in [6.07, 6.45) is 1.69. The normalized spacial score (nSPS) is 15.2. The van der Waals surface area contributed by atoms with Crippen molar-refractivity contribution >= 4 is 35.1 Å². The largest absolute Gasteiger partial charge is 0.497 e. The second-order valence-electron chi connectivity index (χ2n) is 8.77. The molecule has 200 valence electrons. The summed E-state index contributed by atoms with van der Waals surface area (Å²) in [5.41, 5.74) is 3.05. The molecule has 0 N–H and O–H groups in total. The van der Waals surface area contributed by atoms with Crippen molar-refractivity contribution in [2.45, 2.75) is 44.0 Å². The van der Waals surface area contributed by atoms with Gasteiger partial charge in [-0.3, -0.25) is 9.36 Å². The third kappa shape index (κ3) is 5.45. The lowest BCUT2D eigenvalue weighted by Gasteiger charge is -2.24. The molecule has 1 aliphatic heterocycles. The van der Waals surface area contributed by atoms with Gasteiger partial charge in [0.25, 0.3) is 5.56 Å². The average Bonchev–Trinajstić information content (AvgIpc) is 3.46. The highest BCUT2D eigenvalue weighted by molar-refractivity contribution is 7.99. The van der Waals surface area contributed by atoms with Crippen LogP contribution >= 0.6 is 23.1 Å². The lowest BCUT2D eigenvalue weighted by atomic mass is 9.96. The quantitative estimate of drug-likeness (QED) is 0.246. The van der Waals surface area contributed by atoms with Crippen LogP contribution in [0.15, 0.2) is 78.2 Å². The molecule has 0 unspecified atom stereocenters. The molecular weight excluding hydrogens is 536 g/mol. The third-order valence-electron chi connectivity index (χ3n) is 5.98. The van der Waals surface area contributed by atoms with Crippen molar-refractivity contribution in [3.63, 3.8) is 0 Å². The van der Waals surface area contributed by atoms with E-state index in [-0.39, 0.29) is 12.2 Å². The number of carbonyl (C=O) groups is 1. The van der Waals surface area contributed by atoms with E-state index in [0.29, 0.717) is 42.4 Å². The molecule has 0 aliphatic carbocycles. The minimum absolute atomic E-state index is 0.210. The van der Waals surface area contributed by atoms with Gasteiger partial charge in [-0.15, -0.1) is 0 Å². The Hall–Kier alpha value is -3.96. The topological polar surface area (TPSA) is 109 Å². The van der Waals surface area contributed by atoms with Crippen LogP contribution in [0.2, 0.25) is 0 Å². The van der Waals surface area contributed by atoms with Gasteiger partial charge >= 0.3 is 5.97 Å². The second kappa shape index (κ2) is 11.0. The zero-order chi connectivity index (χ0) is 27.7. The van der Waals surface area contributed by atoms with Gasteiger partial charge in [-0.1, -0.05) is 23.5 Å². The maximum absolute atomic E-state index is 13.7. The van der Waals surface area contributed by atoms with Gasteiger partial charge in [0.15, 0.2) is 15.1 Å². The van der Waals surface area contributed by atoms with E-state index in [2.05, 4.69) is 15.0 Å². The van der Waals surface area contributed by atoms with Gasteiger partial charge < -0.3 is 13.9 Å². The van der Waals surface area contributed by atoms with Gasteiger partial charge in [0, 0.05) is 17.5 Å². The Morgan fingerprint density at radius 1 is 1.13 bits per heavy atom. The van der Waals surface area contributed by atoms with Crippen LogP contribution in [0.4, 0.5) is 0 Å². The lowest BCUT2D eigenvalue weighted by molar-refractivity contribution is -0.139. The molecule has 0 saturated heterocycles. The van der Waals surface area contributed by atoms with Crippen LogP contribution in [0.3, 0.4) is 0 Å². The number of allylic oxidation sites excluding steroid dienone is 1. The smallest absolute Gasteiger partial charge is 0.338 e. The number of aromatic nitrogens is 3. The van der Waals surface area contributed by atoms with Gasteiger partial charge in [0.05, 0.1) is 35.6 Å². The van der Waals surface area contributed by atoms with Crippen molar-refractivity contribution < 1.29 is 18.7 Å². The number of carbonyl (C=O) groups excluding carboxylic acids is 1. The van der Waals surface area contributed by atoms with E-state index in [1.807, 2.05) is 38.1 Å². The minimum Gasteiger partial charge on any atom is -0.497 e. The molecule has 39 heavy (non-hydrogen) atoms. The summed E-state index contributed by atoms with van der Waals surface area (Å²) in [7, 11) is 1.58. The Balaban J connectivity index is 1.56. The molecule has 0 spiro atoms. The van der Waals surface area contributed by atoms with E-state index < -0.39 is 12.0 Å². The van der Waals surface area contributed by atoms with Crippen molar-refractivity contribution in [2.24, 2.45) is 4.99 Å². The first-order valence-electron chi connectivity index (χ1n) is 12.2. The second-order valence-corrected chi connectivity index (χ2v) is 10.7. The molecule has 0 fully saturated rings. The summed E-state index contributed by atoms with van der Waals surface area (Å²) >= 11 is 2.55. The van der Waals surface area contributed by atoms with Crippen LogP contribution in [0.5, 0.6) is 5.75 Å². The first kappa shape index (κ1) is 26.6. The van der Waals surface area contributed by atoms with Crippen molar-refractivity contribution in [1.82, 2.24) is 14.5 Å². The van der Waals surface area contributed by atoms with E-state index in [9.17, 15) is 9.59 Å². The highest BCUT2D eigenvalue weighted by Crippen LogP contribution is 2.32. The molecule has 0 amide bonds. The zero-order valence-corrected chi connectivity index (χ0v) is 23.7. The number of hydrogen-bond acceptors (Lipinski definition) is 10. The molecule has 4 heterocycles. The number of benzene rings is 1. The molecule has 0 radical (unpaired) electrons. The summed E-state index contributed by atoms with van der Waals surface area (Å²) < 4.78 is 18.6. The van der Waals surface area contributed by atoms with Crippen LogP contribution in [0, 0.1) is 13.8 Å². The van der Waals surface area contributed by atoms with Crippen LogP contribution in [0.25, 0.3) is 6.08 Å². The number of hydrogen-bond donors (Lipinski definition) is 0. The zero-order valence-electron chi connectivity index (χ0n) is 22.0. The molecule has 4 aromatic rings. The number of aryl methyl sites for hydroxylation is 2. The summed E-state index contributed by atoms with van der Waals surface area (Å²) in [6.45, 7) is 7.54. The number of thiazole rings is 1. The molecule has 9 nitrogen and oxygen atoms in total. The van der Waals surface area contributed by atoms with Crippen molar-refractivity contribution in [3.8, 4) is 5.75 Å². The number of rotatable bonds is 7. The third-order valence-corrected chi connectivity index (χ3v) is 7.75. The highest BCUT2D eigenvalue weighted by atomic mass is 32.2. The fourth-order valence-electron chi connectivity index (χ4n) is 4.32. The molecular formula is C28H26N4O5S2. The Labute approximate surface area is 232 Å². The Bertz CT molecular complexity index is 1750. The summed E-state index contributed by atoms with van der Waals surface area (Å²) in [5, 5.41) is 1.20. The van der Waals surface area contributed by atoms with Crippen molar-refractivity contribution in [2.75, 3.05) is 13.7 Å². The number of ether oxygens (including phenoxy) is 2. The van der Waals surface area contributed by atoms with E-state index in [0.717, 1.165) is 17.0 Å². The van der Waals surface area contributed by atoms with Gasteiger partial charge in [0.2, 0.25) is 0 Å². The fraction of sp³-hybridized carbons (Fsp3) is 0.250. The number of esters is 1. The Morgan fingerprint density at radius 3 is 2.51 bits per heavy atom. The summed E-state index contributed by atoms with van der Waals surface area (Å²) in [5.74, 6) is 0.673.